The first kappa shape index (κ1) is 17.1. The number of hydrogen-bond acceptors (Lipinski definition) is 2. The Labute approximate surface area is 144 Å². The molecule has 1 aliphatic heterocycles. The van der Waals surface area contributed by atoms with Crippen molar-refractivity contribution in [3.63, 3.8) is 0 Å². The van der Waals surface area contributed by atoms with Gasteiger partial charge < -0.3 is 10.2 Å². The molecule has 4 nitrogen and oxygen atoms in total. The van der Waals surface area contributed by atoms with Crippen LogP contribution in [0.3, 0.4) is 0 Å². The summed E-state index contributed by atoms with van der Waals surface area (Å²) in [5.74, 6) is -1.73. The number of nitrogens with one attached hydrogen (secondary N) is 1. The second kappa shape index (κ2) is 7.01. The summed E-state index contributed by atoms with van der Waals surface area (Å²) in [4.78, 5) is 26.2. The Morgan fingerprint density at radius 1 is 1.16 bits per heavy atom. The lowest BCUT2D eigenvalue weighted by atomic mass is 9.93. The van der Waals surface area contributed by atoms with Crippen LogP contribution in [0.5, 0.6) is 0 Å². The molecule has 2 aromatic carbocycles. The van der Waals surface area contributed by atoms with Crippen molar-refractivity contribution in [1.82, 2.24) is 10.2 Å². The Morgan fingerprint density at radius 2 is 1.88 bits per heavy atom. The molecule has 1 N–H and O–H groups in total. The molecule has 2 aromatic rings. The second-order valence-electron chi connectivity index (χ2n) is 6.16. The maximum absolute atomic E-state index is 13.2. The Morgan fingerprint density at radius 3 is 2.56 bits per heavy atom. The first-order valence-electron chi connectivity index (χ1n) is 7.99. The van der Waals surface area contributed by atoms with E-state index in [1.807, 2.05) is 0 Å². The first-order chi connectivity index (χ1) is 12.0. The van der Waals surface area contributed by atoms with Crippen LogP contribution in [0.15, 0.2) is 48.5 Å². The molecule has 0 bridgehead atoms. The smallest absolute Gasteiger partial charge is 0.226 e. The largest absolute Gasteiger partial charge is 0.352 e. The third kappa shape index (κ3) is 3.68. The van der Waals surface area contributed by atoms with Crippen LogP contribution in [0.25, 0.3) is 0 Å². The molecule has 0 aliphatic carbocycles. The Bertz CT molecular complexity index is 792. The van der Waals surface area contributed by atoms with Gasteiger partial charge in [0.25, 0.3) is 0 Å². The predicted molar refractivity (Wildman–Crippen MR) is 88.3 cm³/mol. The summed E-state index contributed by atoms with van der Waals surface area (Å²) >= 11 is 0. The Kier molecular flexibility index (Phi) is 4.79. The van der Waals surface area contributed by atoms with Crippen LogP contribution in [0.1, 0.15) is 23.6 Å². The minimum Gasteiger partial charge on any atom is -0.352 e. The van der Waals surface area contributed by atoms with Gasteiger partial charge in [-0.2, -0.15) is 0 Å². The summed E-state index contributed by atoms with van der Waals surface area (Å²) in [5.41, 5.74) is 1.35. The lowest BCUT2D eigenvalue weighted by Gasteiger charge is -2.25. The molecule has 0 spiro atoms. The zero-order valence-corrected chi connectivity index (χ0v) is 13.7. The number of carbonyl (C=O) groups excluding carboxylic acids is 2. The van der Waals surface area contributed by atoms with Crippen molar-refractivity contribution in [2.24, 2.45) is 5.92 Å². The molecule has 2 amide bonds. The van der Waals surface area contributed by atoms with E-state index >= 15 is 0 Å². The van der Waals surface area contributed by atoms with Crippen LogP contribution in [-0.4, -0.2) is 23.8 Å². The van der Waals surface area contributed by atoms with Crippen LogP contribution in [0, 0.1) is 17.6 Å². The number of nitrogens with zero attached hydrogens (tertiary/aromatic N) is 1. The number of hydrogen-bond donors (Lipinski definition) is 1. The van der Waals surface area contributed by atoms with E-state index in [9.17, 15) is 18.4 Å². The Hall–Kier alpha value is -2.76. The standard InChI is InChI=1S/C19H18F2N2O2/c1-23-17(24)10-16(18(23)13-5-7-14(20)8-6-13)19(25)22-11-12-3-2-4-15(21)9-12/h2-9,16,18H,10-11H2,1H3,(H,22,25). The van der Waals surface area contributed by atoms with Crippen molar-refractivity contribution in [3.8, 4) is 0 Å². The van der Waals surface area contributed by atoms with Gasteiger partial charge in [0.2, 0.25) is 11.8 Å². The van der Waals surface area contributed by atoms with Crippen molar-refractivity contribution in [2.75, 3.05) is 7.05 Å². The third-order valence-electron chi connectivity index (χ3n) is 4.49. The highest BCUT2D eigenvalue weighted by molar-refractivity contribution is 5.90. The maximum atomic E-state index is 13.2. The lowest BCUT2D eigenvalue weighted by Crippen LogP contribution is -2.34. The van der Waals surface area contributed by atoms with E-state index in [1.54, 1.807) is 31.3 Å². The monoisotopic (exact) mass is 344 g/mol. The lowest BCUT2D eigenvalue weighted by molar-refractivity contribution is -0.128. The van der Waals surface area contributed by atoms with Crippen molar-refractivity contribution >= 4 is 11.8 Å². The van der Waals surface area contributed by atoms with Gasteiger partial charge in [-0.15, -0.1) is 0 Å². The van der Waals surface area contributed by atoms with Crippen LogP contribution in [0.4, 0.5) is 8.78 Å². The number of likely N-dealkylation sites (tertiary alicyclic amines) is 1. The number of carbonyl (C=O) groups is 2. The van der Waals surface area contributed by atoms with E-state index in [0.29, 0.717) is 11.1 Å². The van der Waals surface area contributed by atoms with Crippen LogP contribution >= 0.6 is 0 Å². The van der Waals surface area contributed by atoms with Crippen molar-refractivity contribution in [2.45, 2.75) is 19.0 Å². The van der Waals surface area contributed by atoms with Gasteiger partial charge in [-0.1, -0.05) is 24.3 Å². The SMILES string of the molecule is CN1C(=O)CC(C(=O)NCc2cccc(F)c2)C1c1ccc(F)cc1. The Balaban J connectivity index is 1.75. The molecule has 0 aromatic heterocycles. The minimum atomic E-state index is -0.573. The van der Waals surface area contributed by atoms with E-state index in [2.05, 4.69) is 5.32 Å². The summed E-state index contributed by atoms with van der Waals surface area (Å²) in [7, 11) is 1.64. The van der Waals surface area contributed by atoms with E-state index in [1.165, 1.54) is 29.2 Å². The van der Waals surface area contributed by atoms with Crippen LogP contribution in [0.2, 0.25) is 0 Å². The van der Waals surface area contributed by atoms with Gasteiger partial charge in [-0.3, -0.25) is 9.59 Å². The quantitative estimate of drug-likeness (QED) is 0.927. The maximum Gasteiger partial charge on any atom is 0.226 e. The van der Waals surface area contributed by atoms with Gasteiger partial charge in [0.1, 0.15) is 11.6 Å². The molecule has 130 valence electrons. The van der Waals surface area contributed by atoms with Gasteiger partial charge in [-0.25, -0.2) is 8.78 Å². The van der Waals surface area contributed by atoms with Gasteiger partial charge in [0.15, 0.2) is 0 Å². The molecule has 1 aliphatic rings. The second-order valence-corrected chi connectivity index (χ2v) is 6.16. The van der Waals surface area contributed by atoms with Gasteiger partial charge in [0, 0.05) is 20.0 Å². The molecule has 0 radical (unpaired) electrons. The highest BCUT2D eigenvalue weighted by atomic mass is 19.1. The normalized spacial score (nSPS) is 20.0. The summed E-state index contributed by atoms with van der Waals surface area (Å²) in [6.45, 7) is 0.182. The topological polar surface area (TPSA) is 49.4 Å². The molecule has 6 heteroatoms. The molecule has 0 saturated carbocycles. The van der Waals surface area contributed by atoms with E-state index in [-0.39, 0.29) is 36.4 Å². The molecule has 1 saturated heterocycles. The third-order valence-corrected chi connectivity index (χ3v) is 4.49. The van der Waals surface area contributed by atoms with Crippen LogP contribution < -0.4 is 5.32 Å². The van der Waals surface area contributed by atoms with Crippen molar-refractivity contribution in [1.29, 1.82) is 0 Å². The highest BCUT2D eigenvalue weighted by Gasteiger charge is 2.42. The number of benzene rings is 2. The number of rotatable bonds is 4. The van der Waals surface area contributed by atoms with E-state index in [0.717, 1.165) is 0 Å². The van der Waals surface area contributed by atoms with Crippen molar-refractivity contribution < 1.29 is 18.4 Å². The van der Waals surface area contributed by atoms with Gasteiger partial charge in [0.05, 0.1) is 12.0 Å². The zero-order chi connectivity index (χ0) is 18.0. The van der Waals surface area contributed by atoms with E-state index < -0.39 is 12.0 Å². The molecular weight excluding hydrogens is 326 g/mol. The zero-order valence-electron chi connectivity index (χ0n) is 13.7. The number of amides is 2. The predicted octanol–water partition coefficient (Wildman–Crippen LogP) is 2.80. The summed E-state index contributed by atoms with van der Waals surface area (Å²) in [5, 5.41) is 2.76. The first-order valence-corrected chi connectivity index (χ1v) is 7.99. The van der Waals surface area contributed by atoms with Crippen LogP contribution in [-0.2, 0) is 16.1 Å². The van der Waals surface area contributed by atoms with Gasteiger partial charge in [-0.05, 0) is 35.4 Å². The van der Waals surface area contributed by atoms with Crippen molar-refractivity contribution in [3.05, 3.63) is 71.3 Å². The molecule has 2 unspecified atom stereocenters. The van der Waals surface area contributed by atoms with Gasteiger partial charge >= 0.3 is 0 Å². The molecule has 1 heterocycles. The molecule has 2 atom stereocenters. The summed E-state index contributed by atoms with van der Waals surface area (Å²) in [6, 6.07) is 11.3. The fourth-order valence-corrected chi connectivity index (χ4v) is 3.19. The minimum absolute atomic E-state index is 0.0908. The fourth-order valence-electron chi connectivity index (χ4n) is 3.19. The van der Waals surface area contributed by atoms with E-state index in [4.69, 9.17) is 0 Å². The number of halogens is 2. The molecule has 3 rings (SSSR count). The summed E-state index contributed by atoms with van der Waals surface area (Å²) < 4.78 is 26.4. The average molecular weight is 344 g/mol. The molecule has 1 fully saturated rings. The highest BCUT2D eigenvalue weighted by Crippen LogP contribution is 2.37. The average Bonchev–Trinajstić information content (AvgIpc) is 2.89. The summed E-state index contributed by atoms with van der Waals surface area (Å²) in [6.07, 6.45) is 0.0908. The molecule has 25 heavy (non-hydrogen) atoms. The fraction of sp³-hybridized carbons (Fsp3) is 0.263. The molecular formula is C19H18F2N2O2.